The maximum atomic E-state index is 11.2. The van der Waals surface area contributed by atoms with Gasteiger partial charge in [0.2, 0.25) is 5.95 Å². The highest BCUT2D eigenvalue weighted by Crippen LogP contribution is 2.23. The normalized spacial score (nSPS) is 17.3. The summed E-state index contributed by atoms with van der Waals surface area (Å²) in [4.78, 5) is 22.8. The summed E-state index contributed by atoms with van der Waals surface area (Å²) >= 11 is 0. The summed E-state index contributed by atoms with van der Waals surface area (Å²) in [7, 11) is 0. The van der Waals surface area contributed by atoms with Crippen molar-refractivity contribution in [2.24, 2.45) is 0 Å². The van der Waals surface area contributed by atoms with Gasteiger partial charge in [0.25, 0.3) is 0 Å². The Morgan fingerprint density at radius 1 is 1.27 bits per heavy atom. The number of aromatic carboxylic acids is 1. The zero-order chi connectivity index (χ0) is 20.9. The van der Waals surface area contributed by atoms with Crippen LogP contribution in [0.5, 0.6) is 0 Å². The van der Waals surface area contributed by atoms with Crippen LogP contribution in [0, 0.1) is 0 Å². The number of fused-ring (bicyclic) bond motifs is 1. The second-order valence-corrected chi connectivity index (χ2v) is 7.87. The van der Waals surface area contributed by atoms with Crippen molar-refractivity contribution in [3.05, 3.63) is 53.7 Å². The third-order valence-corrected chi connectivity index (χ3v) is 5.89. The molecule has 0 amide bonds. The number of carbonyl (C=O) groups is 1. The van der Waals surface area contributed by atoms with Gasteiger partial charge < -0.3 is 10.4 Å². The number of hydrogen-bond donors (Lipinski definition) is 2. The summed E-state index contributed by atoms with van der Waals surface area (Å²) in [6, 6.07) is 12.8. The summed E-state index contributed by atoms with van der Waals surface area (Å²) < 4.78 is 2.00. The molecule has 1 fully saturated rings. The number of carboxylic acid groups (broad SMARTS) is 1. The van der Waals surface area contributed by atoms with Crippen molar-refractivity contribution in [3.63, 3.8) is 0 Å². The number of nitrogens with zero attached hydrogens (tertiary/aromatic N) is 4. The standard InChI is InChI=1S/C23H29N5O2/c1-2-28-21-20(14-18(15-25-21)22(29)30)26-23(28)24-12-11-19-10-6-7-13-27(19)16-17-8-4-3-5-9-17/h3-5,8-9,14-15,19H,2,6-7,10-13,16H2,1H3,(H,24,26)(H,29,30). The molecule has 1 saturated heterocycles. The maximum absolute atomic E-state index is 11.2. The predicted octanol–water partition coefficient (Wildman–Crippen LogP) is 4.01. The molecule has 0 spiro atoms. The van der Waals surface area contributed by atoms with Gasteiger partial charge in [-0.3, -0.25) is 9.47 Å². The van der Waals surface area contributed by atoms with E-state index in [0.717, 1.165) is 38.5 Å². The molecule has 7 heteroatoms. The fraction of sp³-hybridized carbons (Fsp3) is 0.435. The van der Waals surface area contributed by atoms with Crippen LogP contribution in [0.4, 0.5) is 5.95 Å². The van der Waals surface area contributed by atoms with Crippen LogP contribution in [0.2, 0.25) is 0 Å². The van der Waals surface area contributed by atoms with E-state index in [1.165, 1.54) is 31.0 Å². The summed E-state index contributed by atoms with van der Waals surface area (Å²) in [6.07, 6.45) is 6.22. The lowest BCUT2D eigenvalue weighted by Crippen LogP contribution is -2.40. The van der Waals surface area contributed by atoms with Crippen molar-refractivity contribution in [2.75, 3.05) is 18.4 Å². The molecule has 1 unspecified atom stereocenters. The number of likely N-dealkylation sites (tertiary alicyclic amines) is 1. The molecule has 1 atom stereocenters. The Balaban J connectivity index is 1.42. The monoisotopic (exact) mass is 407 g/mol. The van der Waals surface area contributed by atoms with E-state index in [-0.39, 0.29) is 5.56 Å². The average molecular weight is 408 g/mol. The number of aromatic nitrogens is 3. The Bertz CT molecular complexity index is 1000. The molecule has 4 rings (SSSR count). The summed E-state index contributed by atoms with van der Waals surface area (Å²) in [5, 5.41) is 12.7. The Hall–Kier alpha value is -2.93. The molecule has 3 aromatic rings. The van der Waals surface area contributed by atoms with Gasteiger partial charge in [0.05, 0.1) is 5.56 Å². The third kappa shape index (κ3) is 4.46. The number of imidazole rings is 1. The Morgan fingerprint density at radius 3 is 2.87 bits per heavy atom. The number of pyridine rings is 1. The molecule has 3 heterocycles. The maximum Gasteiger partial charge on any atom is 0.337 e. The quantitative estimate of drug-likeness (QED) is 0.587. The van der Waals surface area contributed by atoms with Crippen LogP contribution in [-0.2, 0) is 13.1 Å². The number of carboxylic acids is 1. The fourth-order valence-corrected chi connectivity index (χ4v) is 4.33. The number of benzene rings is 1. The van der Waals surface area contributed by atoms with Gasteiger partial charge in [0.1, 0.15) is 5.52 Å². The van der Waals surface area contributed by atoms with E-state index in [1.54, 1.807) is 6.07 Å². The van der Waals surface area contributed by atoms with Gasteiger partial charge in [0.15, 0.2) is 5.65 Å². The Labute approximate surface area is 176 Å². The number of nitrogens with one attached hydrogen (secondary N) is 1. The predicted molar refractivity (Wildman–Crippen MR) is 118 cm³/mol. The Morgan fingerprint density at radius 2 is 2.10 bits per heavy atom. The highest BCUT2D eigenvalue weighted by molar-refractivity contribution is 5.91. The minimum absolute atomic E-state index is 0.161. The van der Waals surface area contributed by atoms with Crippen molar-refractivity contribution in [1.29, 1.82) is 0 Å². The van der Waals surface area contributed by atoms with Crippen molar-refractivity contribution in [1.82, 2.24) is 19.4 Å². The van der Waals surface area contributed by atoms with Crippen molar-refractivity contribution < 1.29 is 9.90 Å². The first-order valence-corrected chi connectivity index (χ1v) is 10.8. The van der Waals surface area contributed by atoms with Gasteiger partial charge in [-0.05, 0) is 44.4 Å². The number of hydrogen-bond acceptors (Lipinski definition) is 5. The molecular formula is C23H29N5O2. The molecule has 2 N–H and O–H groups in total. The number of piperidine rings is 1. The lowest BCUT2D eigenvalue weighted by Gasteiger charge is -2.36. The van der Waals surface area contributed by atoms with E-state index in [0.29, 0.717) is 17.2 Å². The summed E-state index contributed by atoms with van der Waals surface area (Å²) in [5.74, 6) is -0.228. The van der Waals surface area contributed by atoms with Crippen LogP contribution in [0.1, 0.15) is 48.5 Å². The molecular weight excluding hydrogens is 378 g/mol. The zero-order valence-corrected chi connectivity index (χ0v) is 17.4. The molecule has 2 aromatic heterocycles. The van der Waals surface area contributed by atoms with E-state index >= 15 is 0 Å². The van der Waals surface area contributed by atoms with E-state index in [4.69, 9.17) is 0 Å². The molecule has 0 bridgehead atoms. The smallest absolute Gasteiger partial charge is 0.337 e. The Kier molecular flexibility index (Phi) is 6.28. The van der Waals surface area contributed by atoms with E-state index in [2.05, 4.69) is 50.5 Å². The second kappa shape index (κ2) is 9.26. The topological polar surface area (TPSA) is 83.3 Å². The second-order valence-electron chi connectivity index (χ2n) is 7.87. The van der Waals surface area contributed by atoms with Crippen molar-refractivity contribution in [2.45, 2.75) is 51.7 Å². The van der Waals surface area contributed by atoms with Crippen LogP contribution >= 0.6 is 0 Å². The van der Waals surface area contributed by atoms with Gasteiger partial charge in [-0.1, -0.05) is 36.8 Å². The van der Waals surface area contributed by atoms with Gasteiger partial charge in [-0.15, -0.1) is 0 Å². The molecule has 0 radical (unpaired) electrons. The largest absolute Gasteiger partial charge is 0.478 e. The first kappa shape index (κ1) is 20.3. The number of anilines is 1. The zero-order valence-electron chi connectivity index (χ0n) is 17.4. The van der Waals surface area contributed by atoms with Gasteiger partial charge in [0, 0.05) is 31.9 Å². The third-order valence-electron chi connectivity index (χ3n) is 5.89. The van der Waals surface area contributed by atoms with Gasteiger partial charge >= 0.3 is 5.97 Å². The first-order chi connectivity index (χ1) is 14.7. The van der Waals surface area contributed by atoms with Gasteiger partial charge in [-0.2, -0.15) is 0 Å². The first-order valence-electron chi connectivity index (χ1n) is 10.8. The molecule has 1 aromatic carbocycles. The minimum Gasteiger partial charge on any atom is -0.478 e. The SMILES string of the molecule is CCn1c(NCCC2CCCCN2Cc2ccccc2)nc2cc(C(=O)O)cnc21. The molecule has 30 heavy (non-hydrogen) atoms. The molecule has 0 aliphatic carbocycles. The lowest BCUT2D eigenvalue weighted by molar-refractivity contribution is 0.0696. The molecule has 1 aliphatic heterocycles. The number of aryl methyl sites for hydroxylation is 1. The highest BCUT2D eigenvalue weighted by atomic mass is 16.4. The number of rotatable bonds is 8. The van der Waals surface area contributed by atoms with Crippen molar-refractivity contribution in [3.8, 4) is 0 Å². The molecule has 7 nitrogen and oxygen atoms in total. The van der Waals surface area contributed by atoms with Crippen LogP contribution in [-0.4, -0.2) is 49.6 Å². The van der Waals surface area contributed by atoms with E-state index in [1.807, 2.05) is 11.5 Å². The van der Waals surface area contributed by atoms with E-state index < -0.39 is 5.97 Å². The lowest BCUT2D eigenvalue weighted by atomic mass is 9.98. The molecule has 1 aliphatic rings. The van der Waals surface area contributed by atoms with Crippen LogP contribution in [0.3, 0.4) is 0 Å². The molecule has 0 saturated carbocycles. The summed E-state index contributed by atoms with van der Waals surface area (Å²) in [6.45, 7) is 5.74. The minimum atomic E-state index is -0.985. The van der Waals surface area contributed by atoms with Crippen LogP contribution < -0.4 is 5.32 Å². The van der Waals surface area contributed by atoms with Crippen molar-refractivity contribution >= 4 is 23.1 Å². The van der Waals surface area contributed by atoms with Gasteiger partial charge in [-0.25, -0.2) is 14.8 Å². The fourth-order valence-electron chi connectivity index (χ4n) is 4.33. The van der Waals surface area contributed by atoms with Crippen LogP contribution in [0.25, 0.3) is 11.2 Å². The summed E-state index contributed by atoms with van der Waals surface area (Å²) in [5.41, 5.74) is 2.86. The highest BCUT2D eigenvalue weighted by Gasteiger charge is 2.22. The average Bonchev–Trinajstić information content (AvgIpc) is 3.12. The van der Waals surface area contributed by atoms with Crippen LogP contribution in [0.15, 0.2) is 42.6 Å². The van der Waals surface area contributed by atoms with E-state index in [9.17, 15) is 9.90 Å². The molecule has 158 valence electrons.